The average Bonchev–Trinajstić information content (AvgIpc) is 2.26. The van der Waals surface area contributed by atoms with Gasteiger partial charge in [-0.3, -0.25) is 0 Å². The van der Waals surface area contributed by atoms with Crippen molar-refractivity contribution in [2.24, 2.45) is 5.73 Å². The van der Waals surface area contributed by atoms with E-state index in [1.807, 2.05) is 0 Å². The maximum absolute atomic E-state index is 9.55. The van der Waals surface area contributed by atoms with E-state index < -0.39 is 37.3 Å². The van der Waals surface area contributed by atoms with E-state index in [2.05, 4.69) is 0 Å². The zero-order valence-corrected chi connectivity index (χ0v) is 8.41. The number of carboxylic acids is 2. The third kappa shape index (κ3) is 10.6. The Morgan fingerprint density at radius 1 is 0.938 bits per heavy atom. The van der Waals surface area contributed by atoms with E-state index in [1.54, 1.807) is 0 Å². The fourth-order valence-corrected chi connectivity index (χ4v) is 0.293. The molecule has 0 rings (SSSR count). The number of carbonyl (C=O) groups is 2. The SMILES string of the molecule is NC(CO)(CO)CO.O=C(O)/C=C/C(=O)O. The van der Waals surface area contributed by atoms with Crippen LogP contribution >= 0.6 is 0 Å². The highest BCUT2D eigenvalue weighted by atomic mass is 16.4. The number of aliphatic hydroxyl groups is 3. The number of hydrogen-bond donors (Lipinski definition) is 6. The highest BCUT2D eigenvalue weighted by Gasteiger charge is 2.20. The third-order valence-electron chi connectivity index (χ3n) is 1.31. The second-order valence-electron chi connectivity index (χ2n) is 2.85. The molecule has 0 heterocycles. The van der Waals surface area contributed by atoms with Gasteiger partial charge in [-0.15, -0.1) is 0 Å². The smallest absolute Gasteiger partial charge is 0.328 e. The molecular weight excluding hydrogens is 222 g/mol. The standard InChI is InChI=1S/C4H11NO3.C4H4O4/c5-4(1-6,2-7)3-8;5-3(6)1-2-4(7)8/h6-8H,1-3,5H2;1-2H,(H,5,6)(H,7,8)/b;2-1+. The molecular formula is C8H15NO7. The maximum Gasteiger partial charge on any atom is 0.328 e. The van der Waals surface area contributed by atoms with E-state index in [9.17, 15) is 9.59 Å². The van der Waals surface area contributed by atoms with E-state index in [1.165, 1.54) is 0 Å². The van der Waals surface area contributed by atoms with Crippen molar-refractivity contribution in [3.63, 3.8) is 0 Å². The van der Waals surface area contributed by atoms with E-state index in [4.69, 9.17) is 31.3 Å². The average molecular weight is 237 g/mol. The Kier molecular flexibility index (Phi) is 9.31. The largest absolute Gasteiger partial charge is 0.478 e. The molecule has 0 aliphatic carbocycles. The highest BCUT2D eigenvalue weighted by Crippen LogP contribution is 1.93. The predicted molar refractivity (Wildman–Crippen MR) is 52.6 cm³/mol. The first kappa shape index (κ1) is 16.9. The fourth-order valence-electron chi connectivity index (χ4n) is 0.293. The lowest BCUT2D eigenvalue weighted by Gasteiger charge is -2.20. The Morgan fingerprint density at radius 3 is 1.25 bits per heavy atom. The molecule has 0 aliphatic heterocycles. The molecule has 8 nitrogen and oxygen atoms in total. The molecule has 94 valence electrons. The van der Waals surface area contributed by atoms with Crippen LogP contribution in [0.15, 0.2) is 12.2 Å². The van der Waals surface area contributed by atoms with Crippen molar-refractivity contribution in [1.29, 1.82) is 0 Å². The molecule has 0 bridgehead atoms. The number of hydrogen-bond acceptors (Lipinski definition) is 6. The van der Waals surface area contributed by atoms with Gasteiger partial charge >= 0.3 is 11.9 Å². The molecule has 0 spiro atoms. The summed E-state index contributed by atoms with van der Waals surface area (Å²) in [4.78, 5) is 19.1. The van der Waals surface area contributed by atoms with Gasteiger partial charge in [0.1, 0.15) is 0 Å². The normalized spacial score (nSPS) is 10.8. The summed E-state index contributed by atoms with van der Waals surface area (Å²) in [5.41, 5.74) is 3.94. The molecule has 0 radical (unpaired) electrons. The van der Waals surface area contributed by atoms with Crippen molar-refractivity contribution in [2.45, 2.75) is 5.54 Å². The summed E-state index contributed by atoms with van der Waals surface area (Å²) in [5, 5.41) is 40.6. The Hall–Kier alpha value is -1.48. The lowest BCUT2D eigenvalue weighted by molar-refractivity contribution is -0.134. The minimum Gasteiger partial charge on any atom is -0.478 e. The molecule has 0 saturated heterocycles. The Labute approximate surface area is 91.2 Å². The third-order valence-corrected chi connectivity index (χ3v) is 1.31. The Balaban J connectivity index is 0. The maximum atomic E-state index is 9.55. The van der Waals surface area contributed by atoms with Gasteiger partial charge in [0.25, 0.3) is 0 Å². The number of rotatable bonds is 5. The van der Waals surface area contributed by atoms with Crippen LogP contribution in [0.5, 0.6) is 0 Å². The first-order chi connectivity index (χ1) is 7.31. The fraction of sp³-hybridized carbons (Fsp3) is 0.500. The van der Waals surface area contributed by atoms with Gasteiger partial charge in [0.2, 0.25) is 0 Å². The molecule has 0 aliphatic rings. The minimum atomic E-state index is -1.26. The van der Waals surface area contributed by atoms with Gasteiger partial charge in [-0.05, 0) is 0 Å². The van der Waals surface area contributed by atoms with Crippen molar-refractivity contribution in [3.8, 4) is 0 Å². The lowest BCUT2D eigenvalue weighted by atomic mass is 10.1. The highest BCUT2D eigenvalue weighted by molar-refractivity contribution is 5.89. The Bertz CT molecular complexity index is 223. The van der Waals surface area contributed by atoms with Crippen LogP contribution in [0.4, 0.5) is 0 Å². The summed E-state index contributed by atoms with van der Waals surface area (Å²) in [6.45, 7) is -1.21. The number of nitrogens with two attached hydrogens (primary N) is 1. The number of carboxylic acid groups (broad SMARTS) is 2. The van der Waals surface area contributed by atoms with Gasteiger partial charge in [0.15, 0.2) is 0 Å². The van der Waals surface area contributed by atoms with Crippen LogP contribution in [-0.4, -0.2) is 62.8 Å². The summed E-state index contributed by atoms with van der Waals surface area (Å²) in [6.07, 6.45) is 1.12. The molecule has 0 amide bonds. The van der Waals surface area contributed by atoms with E-state index in [0.717, 1.165) is 0 Å². The molecule has 0 aromatic rings. The van der Waals surface area contributed by atoms with Crippen LogP contribution in [0, 0.1) is 0 Å². The molecule has 0 saturated carbocycles. The number of aliphatic carboxylic acids is 2. The topological polar surface area (TPSA) is 161 Å². The second-order valence-corrected chi connectivity index (χ2v) is 2.85. The molecule has 7 N–H and O–H groups in total. The first-order valence-corrected chi connectivity index (χ1v) is 4.06. The first-order valence-electron chi connectivity index (χ1n) is 4.06. The van der Waals surface area contributed by atoms with Gasteiger partial charge in [0.05, 0.1) is 25.4 Å². The second kappa shape index (κ2) is 8.80. The van der Waals surface area contributed by atoms with Gasteiger partial charge in [-0.1, -0.05) is 0 Å². The molecule has 16 heavy (non-hydrogen) atoms. The van der Waals surface area contributed by atoms with E-state index in [-0.39, 0.29) is 0 Å². The zero-order valence-electron chi connectivity index (χ0n) is 8.41. The zero-order chi connectivity index (χ0) is 13.2. The summed E-state index contributed by atoms with van der Waals surface area (Å²) in [5.74, 6) is -2.51. The van der Waals surface area contributed by atoms with Crippen molar-refractivity contribution in [3.05, 3.63) is 12.2 Å². The quantitative estimate of drug-likeness (QED) is 0.283. The van der Waals surface area contributed by atoms with Crippen LogP contribution in [0.1, 0.15) is 0 Å². The van der Waals surface area contributed by atoms with Gasteiger partial charge in [-0.25, -0.2) is 9.59 Å². The van der Waals surface area contributed by atoms with Gasteiger partial charge in [-0.2, -0.15) is 0 Å². The van der Waals surface area contributed by atoms with E-state index >= 15 is 0 Å². The summed E-state index contributed by atoms with van der Waals surface area (Å²) >= 11 is 0. The molecule has 0 atom stereocenters. The van der Waals surface area contributed by atoms with Gasteiger partial charge < -0.3 is 31.3 Å². The van der Waals surface area contributed by atoms with Crippen molar-refractivity contribution in [2.75, 3.05) is 19.8 Å². The van der Waals surface area contributed by atoms with Crippen molar-refractivity contribution in [1.82, 2.24) is 0 Å². The molecule has 0 unspecified atom stereocenters. The molecule has 0 aromatic carbocycles. The van der Waals surface area contributed by atoms with E-state index in [0.29, 0.717) is 12.2 Å². The predicted octanol–water partition coefficient (Wildman–Crippen LogP) is -2.63. The van der Waals surface area contributed by atoms with Crippen LogP contribution < -0.4 is 5.73 Å². The summed E-state index contributed by atoms with van der Waals surface area (Å²) in [6, 6.07) is 0. The molecule has 8 heteroatoms. The summed E-state index contributed by atoms with van der Waals surface area (Å²) in [7, 11) is 0. The minimum absolute atomic E-state index is 0.403. The molecule has 0 aromatic heterocycles. The van der Waals surface area contributed by atoms with Gasteiger partial charge in [0, 0.05) is 12.2 Å². The van der Waals surface area contributed by atoms with Crippen LogP contribution in [-0.2, 0) is 9.59 Å². The summed E-state index contributed by atoms with van der Waals surface area (Å²) < 4.78 is 0. The lowest BCUT2D eigenvalue weighted by Crippen LogP contribution is -2.50. The van der Waals surface area contributed by atoms with Crippen LogP contribution in [0.2, 0.25) is 0 Å². The Morgan fingerprint density at radius 2 is 1.19 bits per heavy atom. The monoisotopic (exact) mass is 237 g/mol. The number of aliphatic hydroxyl groups excluding tert-OH is 3. The van der Waals surface area contributed by atoms with Crippen molar-refractivity contribution < 1.29 is 35.1 Å². The van der Waals surface area contributed by atoms with Crippen LogP contribution in [0.25, 0.3) is 0 Å². The van der Waals surface area contributed by atoms with Crippen LogP contribution in [0.3, 0.4) is 0 Å². The van der Waals surface area contributed by atoms with Crippen molar-refractivity contribution >= 4 is 11.9 Å². The molecule has 0 fully saturated rings.